The smallest absolute Gasteiger partial charge is 0.256 e. The monoisotopic (exact) mass is 223 g/mol. The van der Waals surface area contributed by atoms with Gasteiger partial charge in [0.05, 0.1) is 0 Å². The molecular weight excluding hydrogens is 206 g/mol. The van der Waals surface area contributed by atoms with Crippen LogP contribution in [0, 0.1) is 5.92 Å². The standard InChI is InChI=1S/C11H17N3O2/c1-8(5-12-2)6-14-11(16)9-7-13-4-3-10(9)15/h3-4,7-8,12H,5-6H2,1-2H3,(H,13,15)(H,14,16). The summed E-state index contributed by atoms with van der Waals surface area (Å²) < 4.78 is 0. The first-order valence-electron chi connectivity index (χ1n) is 5.25. The van der Waals surface area contributed by atoms with Crippen LogP contribution in [0.25, 0.3) is 0 Å². The van der Waals surface area contributed by atoms with E-state index in [1.165, 1.54) is 18.5 Å². The van der Waals surface area contributed by atoms with E-state index in [2.05, 4.69) is 15.6 Å². The van der Waals surface area contributed by atoms with Gasteiger partial charge in [0.2, 0.25) is 0 Å². The lowest BCUT2D eigenvalue weighted by Gasteiger charge is -2.11. The van der Waals surface area contributed by atoms with Crippen LogP contribution in [0.4, 0.5) is 0 Å². The van der Waals surface area contributed by atoms with E-state index in [0.29, 0.717) is 12.5 Å². The van der Waals surface area contributed by atoms with Crippen LogP contribution < -0.4 is 16.1 Å². The van der Waals surface area contributed by atoms with E-state index >= 15 is 0 Å². The number of nitrogens with one attached hydrogen (secondary N) is 3. The van der Waals surface area contributed by atoms with Crippen molar-refractivity contribution >= 4 is 5.91 Å². The van der Waals surface area contributed by atoms with Gasteiger partial charge in [-0.05, 0) is 19.5 Å². The summed E-state index contributed by atoms with van der Waals surface area (Å²) in [6.07, 6.45) is 2.92. The summed E-state index contributed by atoms with van der Waals surface area (Å²) in [6.45, 7) is 3.39. The Balaban J connectivity index is 2.54. The van der Waals surface area contributed by atoms with Crippen LogP contribution in [0.1, 0.15) is 17.3 Å². The summed E-state index contributed by atoms with van der Waals surface area (Å²) in [5, 5.41) is 5.75. The molecular formula is C11H17N3O2. The summed E-state index contributed by atoms with van der Waals surface area (Å²) >= 11 is 0. The van der Waals surface area contributed by atoms with Gasteiger partial charge < -0.3 is 15.6 Å². The van der Waals surface area contributed by atoms with E-state index in [0.717, 1.165) is 6.54 Å². The highest BCUT2D eigenvalue weighted by Crippen LogP contribution is 1.92. The Bertz CT molecular complexity index is 400. The molecule has 5 heteroatoms. The molecule has 1 aromatic rings. The lowest BCUT2D eigenvalue weighted by Crippen LogP contribution is -2.34. The first-order chi connectivity index (χ1) is 7.65. The topological polar surface area (TPSA) is 74.0 Å². The number of aromatic amines is 1. The van der Waals surface area contributed by atoms with Gasteiger partial charge in [-0.15, -0.1) is 0 Å². The quantitative estimate of drug-likeness (QED) is 0.655. The molecule has 0 saturated carbocycles. The van der Waals surface area contributed by atoms with Crippen molar-refractivity contribution in [3.8, 4) is 0 Å². The van der Waals surface area contributed by atoms with Gasteiger partial charge in [-0.1, -0.05) is 6.92 Å². The van der Waals surface area contributed by atoms with Crippen LogP contribution in [0.3, 0.4) is 0 Å². The van der Waals surface area contributed by atoms with Crippen molar-refractivity contribution in [2.45, 2.75) is 6.92 Å². The molecule has 0 saturated heterocycles. The van der Waals surface area contributed by atoms with Crippen molar-refractivity contribution in [1.29, 1.82) is 0 Å². The summed E-state index contributed by atoms with van der Waals surface area (Å²) in [4.78, 5) is 25.7. The predicted molar refractivity (Wildman–Crippen MR) is 62.5 cm³/mol. The molecule has 0 aliphatic heterocycles. The van der Waals surface area contributed by atoms with Crippen molar-refractivity contribution in [1.82, 2.24) is 15.6 Å². The Labute approximate surface area is 94.3 Å². The number of rotatable bonds is 5. The Kier molecular flexibility index (Phi) is 4.72. The third-order valence-electron chi connectivity index (χ3n) is 2.23. The molecule has 0 fully saturated rings. The highest BCUT2D eigenvalue weighted by Gasteiger charge is 2.10. The molecule has 1 unspecified atom stereocenters. The third-order valence-corrected chi connectivity index (χ3v) is 2.23. The molecule has 88 valence electrons. The zero-order valence-electron chi connectivity index (χ0n) is 9.54. The number of hydrogen-bond donors (Lipinski definition) is 3. The number of hydrogen-bond acceptors (Lipinski definition) is 3. The summed E-state index contributed by atoms with van der Waals surface area (Å²) in [5.41, 5.74) is -0.114. The molecule has 0 aliphatic rings. The maximum atomic E-state index is 11.6. The molecule has 0 radical (unpaired) electrons. The van der Waals surface area contributed by atoms with Gasteiger partial charge >= 0.3 is 0 Å². The third kappa shape index (κ3) is 3.51. The first-order valence-corrected chi connectivity index (χ1v) is 5.25. The van der Waals surface area contributed by atoms with E-state index in [4.69, 9.17) is 0 Å². The van der Waals surface area contributed by atoms with E-state index in [-0.39, 0.29) is 16.9 Å². The molecule has 3 N–H and O–H groups in total. The van der Waals surface area contributed by atoms with Gasteiger partial charge in [0.15, 0.2) is 5.43 Å². The summed E-state index contributed by atoms with van der Waals surface area (Å²) in [7, 11) is 1.86. The Morgan fingerprint density at radius 3 is 2.88 bits per heavy atom. The number of pyridine rings is 1. The van der Waals surface area contributed by atoms with Gasteiger partial charge in [-0.25, -0.2) is 0 Å². The molecule has 0 aromatic carbocycles. The second-order valence-electron chi connectivity index (χ2n) is 3.80. The highest BCUT2D eigenvalue weighted by atomic mass is 16.2. The van der Waals surface area contributed by atoms with Gasteiger partial charge in [-0.3, -0.25) is 9.59 Å². The van der Waals surface area contributed by atoms with E-state index < -0.39 is 0 Å². The minimum Gasteiger partial charge on any atom is -0.367 e. The van der Waals surface area contributed by atoms with Gasteiger partial charge in [0.25, 0.3) is 5.91 Å². The van der Waals surface area contributed by atoms with Gasteiger partial charge in [0, 0.05) is 25.0 Å². The minimum atomic E-state index is -0.329. The zero-order valence-corrected chi connectivity index (χ0v) is 9.54. The molecule has 1 heterocycles. The largest absolute Gasteiger partial charge is 0.367 e. The second-order valence-corrected chi connectivity index (χ2v) is 3.80. The van der Waals surface area contributed by atoms with Crippen molar-refractivity contribution in [2.75, 3.05) is 20.1 Å². The van der Waals surface area contributed by atoms with Crippen molar-refractivity contribution in [3.05, 3.63) is 34.2 Å². The van der Waals surface area contributed by atoms with Crippen LogP contribution in [-0.4, -0.2) is 31.0 Å². The molecule has 1 atom stereocenters. The van der Waals surface area contributed by atoms with E-state index in [1.54, 1.807) is 0 Å². The lowest BCUT2D eigenvalue weighted by atomic mass is 10.1. The van der Waals surface area contributed by atoms with Crippen LogP contribution in [-0.2, 0) is 0 Å². The van der Waals surface area contributed by atoms with Crippen molar-refractivity contribution < 1.29 is 4.79 Å². The SMILES string of the molecule is CNCC(C)CNC(=O)c1c[nH]ccc1=O. The minimum absolute atomic E-state index is 0.152. The van der Waals surface area contributed by atoms with Crippen LogP contribution in [0.5, 0.6) is 0 Å². The van der Waals surface area contributed by atoms with Crippen LogP contribution in [0.2, 0.25) is 0 Å². The average molecular weight is 223 g/mol. The Morgan fingerprint density at radius 2 is 2.25 bits per heavy atom. The summed E-state index contributed by atoms with van der Waals surface area (Å²) in [6, 6.07) is 1.34. The average Bonchev–Trinajstić information content (AvgIpc) is 2.27. The Morgan fingerprint density at radius 1 is 1.50 bits per heavy atom. The number of amides is 1. The number of carbonyl (C=O) groups excluding carboxylic acids is 1. The van der Waals surface area contributed by atoms with Gasteiger partial charge in [0.1, 0.15) is 5.56 Å². The Hall–Kier alpha value is -1.62. The number of H-pyrrole nitrogens is 1. The molecule has 1 rings (SSSR count). The number of carbonyl (C=O) groups is 1. The van der Waals surface area contributed by atoms with Gasteiger partial charge in [-0.2, -0.15) is 0 Å². The molecule has 1 amide bonds. The van der Waals surface area contributed by atoms with Crippen LogP contribution >= 0.6 is 0 Å². The fourth-order valence-electron chi connectivity index (χ4n) is 1.38. The lowest BCUT2D eigenvalue weighted by molar-refractivity contribution is 0.0946. The maximum Gasteiger partial charge on any atom is 0.256 e. The molecule has 16 heavy (non-hydrogen) atoms. The van der Waals surface area contributed by atoms with Crippen LogP contribution in [0.15, 0.2) is 23.3 Å². The fraction of sp³-hybridized carbons (Fsp3) is 0.455. The molecule has 0 aliphatic carbocycles. The molecule has 0 bridgehead atoms. The second kappa shape index (κ2) is 6.07. The summed E-state index contributed by atoms with van der Waals surface area (Å²) in [5.74, 6) is 0.00143. The first kappa shape index (κ1) is 12.4. The highest BCUT2D eigenvalue weighted by molar-refractivity contribution is 5.93. The molecule has 5 nitrogen and oxygen atoms in total. The zero-order chi connectivity index (χ0) is 12.0. The van der Waals surface area contributed by atoms with Crippen molar-refractivity contribution in [2.24, 2.45) is 5.92 Å². The normalized spacial score (nSPS) is 12.1. The maximum absolute atomic E-state index is 11.6. The van der Waals surface area contributed by atoms with Crippen molar-refractivity contribution in [3.63, 3.8) is 0 Å². The molecule has 0 spiro atoms. The molecule has 1 aromatic heterocycles. The number of aromatic nitrogens is 1. The van der Waals surface area contributed by atoms with E-state index in [1.807, 2.05) is 14.0 Å². The fourth-order valence-corrected chi connectivity index (χ4v) is 1.38. The predicted octanol–water partition coefficient (Wildman–Crippen LogP) is -0.0398. The van der Waals surface area contributed by atoms with E-state index in [9.17, 15) is 9.59 Å².